The zero-order valence-corrected chi connectivity index (χ0v) is 14.1. The number of anilines is 1. The van der Waals surface area contributed by atoms with Crippen LogP contribution in [0.2, 0.25) is 0 Å². The number of benzene rings is 1. The van der Waals surface area contributed by atoms with Gasteiger partial charge in [-0.3, -0.25) is 9.78 Å². The van der Waals surface area contributed by atoms with Crippen LogP contribution in [0.1, 0.15) is 22.5 Å². The van der Waals surface area contributed by atoms with E-state index in [1.54, 1.807) is 6.20 Å². The molecule has 2 aromatic heterocycles. The number of para-hydroxylation sites is 1. The summed E-state index contributed by atoms with van der Waals surface area (Å²) in [6, 6.07) is 15.7. The lowest BCUT2D eigenvalue weighted by Gasteiger charge is -2.18. The van der Waals surface area contributed by atoms with Gasteiger partial charge in [-0.05, 0) is 37.6 Å². The Kier molecular flexibility index (Phi) is 4.06. The fourth-order valence-corrected chi connectivity index (χ4v) is 3.32. The van der Waals surface area contributed by atoms with Crippen LogP contribution >= 0.6 is 0 Å². The summed E-state index contributed by atoms with van der Waals surface area (Å²) in [5.41, 5.74) is 2.31. The van der Waals surface area contributed by atoms with E-state index < -0.39 is 0 Å². The van der Waals surface area contributed by atoms with Crippen molar-refractivity contribution in [2.24, 2.45) is 0 Å². The van der Waals surface area contributed by atoms with Crippen LogP contribution in [0.15, 0.2) is 54.7 Å². The fraction of sp³-hybridized carbons (Fsp3) is 0.250. The monoisotopic (exact) mass is 332 g/mol. The lowest BCUT2D eigenvalue weighted by atomic mass is 10.1. The molecule has 3 aromatic rings. The van der Waals surface area contributed by atoms with E-state index in [2.05, 4.69) is 20.2 Å². The average Bonchev–Trinajstić information content (AvgIpc) is 3.10. The minimum atomic E-state index is -0.0587. The van der Waals surface area contributed by atoms with Gasteiger partial charge in [0.2, 0.25) is 0 Å². The van der Waals surface area contributed by atoms with Gasteiger partial charge in [-0.15, -0.1) is 0 Å². The molecule has 0 bridgehead atoms. The number of hydrogen-bond donors (Lipinski definition) is 1. The van der Waals surface area contributed by atoms with E-state index in [9.17, 15) is 4.79 Å². The van der Waals surface area contributed by atoms with Gasteiger partial charge in [0, 0.05) is 36.4 Å². The summed E-state index contributed by atoms with van der Waals surface area (Å²) in [7, 11) is 0. The third-order valence-electron chi connectivity index (χ3n) is 4.60. The van der Waals surface area contributed by atoms with Crippen LogP contribution in [-0.4, -0.2) is 35.0 Å². The Morgan fingerprint density at radius 1 is 1.16 bits per heavy atom. The molecule has 5 nitrogen and oxygen atoms in total. The molecule has 0 unspecified atom stereocenters. The van der Waals surface area contributed by atoms with Crippen LogP contribution in [0, 0.1) is 6.92 Å². The molecule has 1 aromatic carbocycles. The van der Waals surface area contributed by atoms with Crippen molar-refractivity contribution in [2.75, 3.05) is 18.0 Å². The van der Waals surface area contributed by atoms with Crippen molar-refractivity contribution in [3.05, 3.63) is 66.0 Å². The molecule has 0 aliphatic carbocycles. The second-order valence-electron chi connectivity index (χ2n) is 6.42. The average molecular weight is 332 g/mol. The van der Waals surface area contributed by atoms with Crippen LogP contribution in [0.5, 0.6) is 0 Å². The third kappa shape index (κ3) is 3.18. The van der Waals surface area contributed by atoms with E-state index in [4.69, 9.17) is 0 Å². The van der Waals surface area contributed by atoms with Crippen LogP contribution < -0.4 is 10.2 Å². The second-order valence-corrected chi connectivity index (χ2v) is 6.42. The van der Waals surface area contributed by atoms with Gasteiger partial charge in [-0.1, -0.05) is 24.3 Å². The summed E-state index contributed by atoms with van der Waals surface area (Å²) in [5.74, 6) is 0.901. The predicted octanol–water partition coefficient (Wildman–Crippen LogP) is 2.95. The molecule has 25 heavy (non-hydrogen) atoms. The maximum absolute atomic E-state index is 12.8. The Morgan fingerprint density at radius 2 is 2.08 bits per heavy atom. The van der Waals surface area contributed by atoms with Gasteiger partial charge < -0.3 is 10.2 Å². The van der Waals surface area contributed by atoms with E-state index >= 15 is 0 Å². The Labute approximate surface area is 146 Å². The van der Waals surface area contributed by atoms with Crippen molar-refractivity contribution in [3.63, 3.8) is 0 Å². The first-order chi connectivity index (χ1) is 12.2. The number of pyridine rings is 2. The fourth-order valence-electron chi connectivity index (χ4n) is 3.32. The van der Waals surface area contributed by atoms with Crippen LogP contribution in [-0.2, 0) is 0 Å². The summed E-state index contributed by atoms with van der Waals surface area (Å²) in [4.78, 5) is 23.9. The number of carbonyl (C=O) groups excluding carboxylic acids is 1. The number of fused-ring (bicyclic) bond motifs is 1. The highest BCUT2D eigenvalue weighted by Gasteiger charge is 2.25. The lowest BCUT2D eigenvalue weighted by molar-refractivity contribution is 0.0942. The molecule has 1 fully saturated rings. The number of nitrogens with one attached hydrogen (secondary N) is 1. The van der Waals surface area contributed by atoms with Crippen molar-refractivity contribution in [1.29, 1.82) is 0 Å². The Morgan fingerprint density at radius 3 is 2.92 bits per heavy atom. The molecule has 1 aliphatic heterocycles. The predicted molar refractivity (Wildman–Crippen MR) is 98.8 cm³/mol. The van der Waals surface area contributed by atoms with Gasteiger partial charge >= 0.3 is 0 Å². The van der Waals surface area contributed by atoms with Crippen molar-refractivity contribution >= 4 is 22.6 Å². The molecule has 1 amide bonds. The number of aryl methyl sites for hydroxylation is 1. The first-order valence-corrected chi connectivity index (χ1v) is 8.54. The van der Waals surface area contributed by atoms with E-state index in [0.717, 1.165) is 41.9 Å². The molecule has 1 saturated heterocycles. The van der Waals surface area contributed by atoms with Gasteiger partial charge in [0.25, 0.3) is 5.91 Å². The summed E-state index contributed by atoms with van der Waals surface area (Å²) < 4.78 is 0. The van der Waals surface area contributed by atoms with Crippen LogP contribution in [0.4, 0.5) is 5.82 Å². The highest BCUT2D eigenvalue weighted by Crippen LogP contribution is 2.20. The largest absolute Gasteiger partial charge is 0.354 e. The molecule has 0 spiro atoms. The number of hydrogen-bond acceptors (Lipinski definition) is 4. The van der Waals surface area contributed by atoms with E-state index in [-0.39, 0.29) is 11.9 Å². The minimum Gasteiger partial charge on any atom is -0.354 e. The first-order valence-electron chi connectivity index (χ1n) is 8.54. The summed E-state index contributed by atoms with van der Waals surface area (Å²) >= 11 is 0. The number of aromatic nitrogens is 2. The van der Waals surface area contributed by atoms with E-state index in [0.29, 0.717) is 5.56 Å². The lowest BCUT2D eigenvalue weighted by Crippen LogP contribution is -2.37. The quantitative estimate of drug-likeness (QED) is 0.801. The molecule has 126 valence electrons. The molecule has 0 saturated carbocycles. The smallest absolute Gasteiger partial charge is 0.253 e. The molecule has 4 rings (SSSR count). The van der Waals surface area contributed by atoms with Gasteiger partial charge in [0.05, 0.1) is 11.1 Å². The molecule has 1 N–H and O–H groups in total. The van der Waals surface area contributed by atoms with Gasteiger partial charge in [0.15, 0.2) is 0 Å². The molecule has 1 aliphatic rings. The van der Waals surface area contributed by atoms with Crippen molar-refractivity contribution in [3.8, 4) is 0 Å². The zero-order valence-electron chi connectivity index (χ0n) is 14.1. The number of carbonyl (C=O) groups is 1. The van der Waals surface area contributed by atoms with Gasteiger partial charge in [-0.25, -0.2) is 4.98 Å². The summed E-state index contributed by atoms with van der Waals surface area (Å²) in [6.07, 6.45) is 2.71. The SMILES string of the molecule is Cc1ccc2cccc(C(=O)N[C@H]3CCN(c4ccccn4)C3)c2n1. The molecule has 1 atom stereocenters. The maximum atomic E-state index is 12.8. The topological polar surface area (TPSA) is 58.1 Å². The van der Waals surface area contributed by atoms with E-state index in [1.807, 2.05) is 55.5 Å². The maximum Gasteiger partial charge on any atom is 0.253 e. The normalized spacial score (nSPS) is 17.0. The Bertz CT molecular complexity index is 910. The zero-order chi connectivity index (χ0) is 17.2. The van der Waals surface area contributed by atoms with Crippen molar-refractivity contribution in [1.82, 2.24) is 15.3 Å². The Hall–Kier alpha value is -2.95. The second kappa shape index (κ2) is 6.51. The van der Waals surface area contributed by atoms with Crippen LogP contribution in [0.3, 0.4) is 0 Å². The number of rotatable bonds is 3. The first kappa shape index (κ1) is 15.6. The Balaban J connectivity index is 1.51. The molecular weight excluding hydrogens is 312 g/mol. The molecular formula is C20H20N4O. The minimum absolute atomic E-state index is 0.0587. The highest BCUT2D eigenvalue weighted by molar-refractivity contribution is 6.05. The van der Waals surface area contributed by atoms with Crippen molar-refractivity contribution in [2.45, 2.75) is 19.4 Å². The third-order valence-corrected chi connectivity index (χ3v) is 4.60. The molecule has 3 heterocycles. The number of nitrogens with zero attached hydrogens (tertiary/aromatic N) is 3. The summed E-state index contributed by atoms with van der Waals surface area (Å²) in [5, 5.41) is 4.14. The van der Waals surface area contributed by atoms with Crippen LogP contribution in [0.25, 0.3) is 10.9 Å². The molecule has 5 heteroatoms. The summed E-state index contributed by atoms with van der Waals surface area (Å²) in [6.45, 7) is 3.62. The highest BCUT2D eigenvalue weighted by atomic mass is 16.1. The molecule has 0 radical (unpaired) electrons. The van der Waals surface area contributed by atoms with Crippen molar-refractivity contribution < 1.29 is 4.79 Å². The van der Waals surface area contributed by atoms with E-state index in [1.165, 1.54) is 0 Å². The van der Waals surface area contributed by atoms with Gasteiger partial charge in [0.1, 0.15) is 5.82 Å². The number of amides is 1. The van der Waals surface area contributed by atoms with Gasteiger partial charge in [-0.2, -0.15) is 0 Å². The standard InChI is InChI=1S/C20H20N4O/c1-14-8-9-15-5-4-6-17(19(15)22-14)20(25)23-16-10-12-24(13-16)18-7-2-3-11-21-18/h2-9,11,16H,10,12-13H2,1H3,(H,23,25)/t16-/m0/s1.